The van der Waals surface area contributed by atoms with Crippen molar-refractivity contribution in [1.82, 2.24) is 0 Å². The Kier molecular flexibility index (Phi) is 7.78. The fourth-order valence-corrected chi connectivity index (χ4v) is 2.69. The Morgan fingerprint density at radius 3 is 2.16 bits per heavy atom. The van der Waals surface area contributed by atoms with E-state index in [0.29, 0.717) is 17.7 Å². The summed E-state index contributed by atoms with van der Waals surface area (Å²) in [4.78, 5) is 0. The topological polar surface area (TPSA) is 69.9 Å². The molecule has 1 heterocycles. The number of rotatable bonds is 1. The number of hydrogen-bond acceptors (Lipinski definition) is 4. The van der Waals surface area contributed by atoms with Crippen molar-refractivity contribution in [2.24, 2.45) is 0 Å². The van der Waals surface area contributed by atoms with E-state index in [1.165, 1.54) is 17.7 Å². The molecule has 4 nitrogen and oxygen atoms in total. The van der Waals surface area contributed by atoms with Gasteiger partial charge < -0.3 is 20.1 Å². The summed E-state index contributed by atoms with van der Waals surface area (Å²) in [5.74, 6) is 0.310. The summed E-state index contributed by atoms with van der Waals surface area (Å²) < 4.78 is 5.82. The fourth-order valence-electron chi connectivity index (χ4n) is 2.69. The lowest BCUT2D eigenvalue weighted by Gasteiger charge is -2.31. The van der Waals surface area contributed by atoms with Crippen LogP contribution < -0.4 is 4.74 Å². The van der Waals surface area contributed by atoms with Crippen molar-refractivity contribution in [2.45, 2.75) is 60.2 Å². The molecule has 0 fully saturated rings. The van der Waals surface area contributed by atoms with Crippen molar-refractivity contribution in [3.63, 3.8) is 0 Å². The molecule has 1 aliphatic rings. The summed E-state index contributed by atoms with van der Waals surface area (Å²) in [5.41, 5.74) is 3.73. The van der Waals surface area contributed by atoms with Gasteiger partial charge in [0.25, 0.3) is 0 Å². The largest absolute Gasteiger partial charge is 0.508 e. The fraction of sp³-hybridized carbons (Fsp3) is 0.429. The molecule has 1 aliphatic heterocycles. The molecule has 0 saturated heterocycles. The number of phenols is 2. The average Bonchev–Trinajstić information content (AvgIpc) is 2.61. The number of hydrogen-bond donors (Lipinski definition) is 3. The van der Waals surface area contributed by atoms with Crippen LogP contribution in [-0.2, 0) is 6.42 Å². The van der Waals surface area contributed by atoms with E-state index in [0.717, 1.165) is 11.1 Å². The normalized spacial score (nSPS) is 17.9. The molecule has 0 aliphatic carbocycles. The molecule has 2 aromatic rings. The quantitative estimate of drug-likeness (QED) is 0.693. The summed E-state index contributed by atoms with van der Waals surface area (Å²) >= 11 is 0. The third kappa shape index (κ3) is 4.67. The summed E-state index contributed by atoms with van der Waals surface area (Å²) in [6.45, 7) is 12.0. The van der Waals surface area contributed by atoms with E-state index in [1.807, 2.05) is 59.7 Å². The Bertz CT molecular complexity index is 695. The van der Waals surface area contributed by atoms with Crippen molar-refractivity contribution in [2.75, 3.05) is 0 Å². The van der Waals surface area contributed by atoms with E-state index in [1.54, 1.807) is 0 Å². The zero-order valence-corrected chi connectivity index (χ0v) is 16.0. The van der Waals surface area contributed by atoms with Gasteiger partial charge in [-0.2, -0.15) is 0 Å². The zero-order chi connectivity index (χ0) is 19.1. The number of ether oxygens (including phenoxy) is 1. The van der Waals surface area contributed by atoms with Crippen LogP contribution in [0.4, 0.5) is 0 Å². The first-order valence-electron chi connectivity index (χ1n) is 8.92. The molecule has 0 spiro atoms. The Balaban J connectivity index is 0.000000730. The third-order valence-electron chi connectivity index (χ3n) is 4.05. The molecule has 25 heavy (non-hydrogen) atoms. The lowest BCUT2D eigenvalue weighted by atomic mass is 9.92. The van der Waals surface area contributed by atoms with Crippen molar-refractivity contribution < 1.29 is 20.1 Å². The highest BCUT2D eigenvalue weighted by atomic mass is 16.5. The minimum Gasteiger partial charge on any atom is -0.508 e. The lowest BCUT2D eigenvalue weighted by molar-refractivity contribution is 0.0198. The smallest absolute Gasteiger partial charge is 0.150 e. The Hall–Kier alpha value is -2.20. The second-order valence-electron chi connectivity index (χ2n) is 5.60. The zero-order valence-electron chi connectivity index (χ0n) is 16.0. The molecule has 2 unspecified atom stereocenters. The van der Waals surface area contributed by atoms with Gasteiger partial charge in [0.2, 0.25) is 0 Å². The molecule has 3 N–H and O–H groups in total. The van der Waals surface area contributed by atoms with Crippen molar-refractivity contribution in [3.8, 4) is 17.2 Å². The summed E-state index contributed by atoms with van der Waals surface area (Å²) in [6, 6.07) is 8.65. The second-order valence-corrected chi connectivity index (χ2v) is 5.60. The van der Waals surface area contributed by atoms with E-state index in [4.69, 9.17) is 4.74 Å². The van der Waals surface area contributed by atoms with Gasteiger partial charge in [0.05, 0.1) is 6.10 Å². The Morgan fingerprint density at radius 1 is 0.920 bits per heavy atom. The summed E-state index contributed by atoms with van der Waals surface area (Å²) in [6.07, 6.45) is -0.952. The molecular formula is C21H30O4. The van der Waals surface area contributed by atoms with Gasteiger partial charge >= 0.3 is 0 Å². The molecule has 138 valence electrons. The maximum absolute atomic E-state index is 10.3. The van der Waals surface area contributed by atoms with E-state index in [2.05, 4.69) is 0 Å². The van der Waals surface area contributed by atoms with Crippen molar-refractivity contribution >= 4 is 0 Å². The monoisotopic (exact) mass is 346 g/mol. The number of fused-ring (bicyclic) bond motifs is 1. The first-order valence-corrected chi connectivity index (χ1v) is 8.92. The lowest BCUT2D eigenvalue weighted by Crippen LogP contribution is -2.30. The van der Waals surface area contributed by atoms with E-state index >= 15 is 0 Å². The molecule has 3 rings (SSSR count). The molecular weight excluding hydrogens is 316 g/mol. The standard InChI is InChI=1S/C17H18O4.2C2H6/c1-9-3-4-11(5-10(9)2)17-15(20)8-13-14(19)6-12(18)7-16(13)21-17;2*1-2/h3-7,15,17-20H,8H2,1-2H3;2*1-2H3. The molecule has 0 aromatic heterocycles. The van der Waals surface area contributed by atoms with Crippen LogP contribution in [0, 0.1) is 13.8 Å². The Morgan fingerprint density at radius 2 is 1.56 bits per heavy atom. The van der Waals surface area contributed by atoms with E-state index < -0.39 is 12.2 Å². The van der Waals surface area contributed by atoms with Gasteiger partial charge in [-0.05, 0) is 30.5 Å². The molecule has 0 saturated carbocycles. The van der Waals surface area contributed by atoms with Gasteiger partial charge in [0.15, 0.2) is 0 Å². The van der Waals surface area contributed by atoms with Gasteiger partial charge in [0.1, 0.15) is 23.4 Å². The van der Waals surface area contributed by atoms with Crippen LogP contribution in [0.3, 0.4) is 0 Å². The van der Waals surface area contributed by atoms with Gasteiger partial charge in [-0.15, -0.1) is 0 Å². The highest BCUT2D eigenvalue weighted by molar-refractivity contribution is 5.51. The molecule has 0 radical (unpaired) electrons. The first-order chi connectivity index (χ1) is 12.0. The van der Waals surface area contributed by atoms with Gasteiger partial charge in [-0.25, -0.2) is 0 Å². The molecule has 4 heteroatoms. The molecule has 0 bridgehead atoms. The molecule has 2 atom stereocenters. The predicted octanol–water partition coefficient (Wildman–Crippen LogP) is 4.80. The molecule has 2 aromatic carbocycles. The SMILES string of the molecule is CC.CC.Cc1ccc(C2Oc3cc(O)cc(O)c3CC2O)cc1C. The van der Waals surface area contributed by atoms with Crippen LogP contribution in [0.15, 0.2) is 30.3 Å². The van der Waals surface area contributed by atoms with Crippen LogP contribution in [-0.4, -0.2) is 21.4 Å². The van der Waals surface area contributed by atoms with Crippen LogP contribution in [0.1, 0.15) is 56.1 Å². The minimum absolute atomic E-state index is 0.0532. The number of aryl methyl sites for hydroxylation is 2. The van der Waals surface area contributed by atoms with Crippen molar-refractivity contribution in [1.29, 1.82) is 0 Å². The number of benzene rings is 2. The van der Waals surface area contributed by atoms with E-state index in [9.17, 15) is 15.3 Å². The number of phenolic OH excluding ortho intramolecular Hbond substituents is 2. The van der Waals surface area contributed by atoms with E-state index in [-0.39, 0.29) is 11.5 Å². The Labute approximate surface area is 150 Å². The average molecular weight is 346 g/mol. The maximum Gasteiger partial charge on any atom is 0.150 e. The second kappa shape index (κ2) is 9.33. The van der Waals surface area contributed by atoms with Crippen molar-refractivity contribution in [3.05, 3.63) is 52.6 Å². The van der Waals surface area contributed by atoms with Gasteiger partial charge in [-0.3, -0.25) is 0 Å². The van der Waals surface area contributed by atoms with Gasteiger partial charge in [0, 0.05) is 24.1 Å². The third-order valence-corrected chi connectivity index (χ3v) is 4.05. The molecule has 0 amide bonds. The predicted molar refractivity (Wildman–Crippen MR) is 101 cm³/mol. The number of aliphatic hydroxyl groups excluding tert-OH is 1. The van der Waals surface area contributed by atoms with Crippen LogP contribution in [0.2, 0.25) is 0 Å². The number of aromatic hydroxyl groups is 2. The highest BCUT2D eigenvalue weighted by Gasteiger charge is 2.32. The summed E-state index contributed by atoms with van der Waals surface area (Å²) in [7, 11) is 0. The highest BCUT2D eigenvalue weighted by Crippen LogP contribution is 2.41. The van der Waals surface area contributed by atoms with Crippen LogP contribution >= 0.6 is 0 Å². The van der Waals surface area contributed by atoms with Gasteiger partial charge in [-0.1, -0.05) is 45.9 Å². The number of aliphatic hydroxyl groups is 1. The summed E-state index contributed by atoms with van der Waals surface area (Å²) in [5, 5.41) is 29.7. The van der Waals surface area contributed by atoms with Crippen LogP contribution in [0.25, 0.3) is 0 Å². The minimum atomic E-state index is -0.741. The first kappa shape index (κ1) is 20.8. The van der Waals surface area contributed by atoms with Crippen LogP contribution in [0.5, 0.6) is 17.2 Å². The maximum atomic E-state index is 10.3.